The van der Waals surface area contributed by atoms with Gasteiger partial charge in [0.05, 0.1) is 5.75 Å². The van der Waals surface area contributed by atoms with Crippen LogP contribution in [-0.2, 0) is 4.79 Å². The Balaban J connectivity index is 1.51. The van der Waals surface area contributed by atoms with Gasteiger partial charge in [-0.05, 0) is 31.6 Å². The average Bonchev–Trinajstić information content (AvgIpc) is 3.32. The van der Waals surface area contributed by atoms with Crippen LogP contribution in [0, 0.1) is 5.92 Å². The normalized spacial score (nSPS) is 18.6. The highest BCUT2D eigenvalue weighted by Gasteiger charge is 2.33. The largest absolute Gasteiger partial charge is 0.339 e. The van der Waals surface area contributed by atoms with E-state index in [1.54, 1.807) is 0 Å². The Morgan fingerprint density at radius 1 is 1.40 bits per heavy atom. The lowest BCUT2D eigenvalue weighted by Gasteiger charge is -2.24. The summed E-state index contributed by atoms with van der Waals surface area (Å²) in [6, 6.07) is 0.486. The molecule has 1 heterocycles. The first kappa shape index (κ1) is 13.9. The van der Waals surface area contributed by atoms with Gasteiger partial charge in [-0.25, -0.2) is 4.98 Å². The number of nitrogens with zero attached hydrogens (tertiary/aromatic N) is 3. The minimum absolute atomic E-state index is 0.226. The second-order valence-corrected chi connectivity index (χ2v) is 7.18. The molecule has 0 aromatic carbocycles. The van der Waals surface area contributed by atoms with Crippen molar-refractivity contribution in [1.29, 1.82) is 0 Å². The van der Waals surface area contributed by atoms with Crippen LogP contribution in [0.1, 0.15) is 51.3 Å². The summed E-state index contributed by atoms with van der Waals surface area (Å²) in [5, 5.41) is 7.88. The van der Waals surface area contributed by atoms with E-state index < -0.39 is 0 Å². The van der Waals surface area contributed by atoms with E-state index in [1.165, 1.54) is 24.6 Å². The minimum atomic E-state index is 0.226. The fourth-order valence-electron chi connectivity index (χ4n) is 2.31. The maximum Gasteiger partial charge on any atom is 0.233 e. The molecule has 110 valence electrons. The number of carbonyl (C=O) groups is 1. The zero-order valence-corrected chi connectivity index (χ0v) is 12.9. The molecule has 20 heavy (non-hydrogen) atoms. The Morgan fingerprint density at radius 2 is 2.15 bits per heavy atom. The second-order valence-electron chi connectivity index (χ2n) is 6.24. The lowest BCUT2D eigenvalue weighted by molar-refractivity contribution is -0.129. The number of hydrogen-bond donors (Lipinski definition) is 1. The molecule has 0 unspecified atom stereocenters. The van der Waals surface area contributed by atoms with Crippen molar-refractivity contribution in [3.8, 4) is 0 Å². The lowest BCUT2D eigenvalue weighted by Crippen LogP contribution is -2.37. The van der Waals surface area contributed by atoms with E-state index >= 15 is 0 Å². The number of aromatic nitrogens is 3. The van der Waals surface area contributed by atoms with Crippen LogP contribution in [0.3, 0.4) is 0 Å². The van der Waals surface area contributed by atoms with Gasteiger partial charge in [0.25, 0.3) is 0 Å². The molecule has 0 spiro atoms. The zero-order chi connectivity index (χ0) is 14.1. The molecule has 1 aromatic heterocycles. The third-order valence-electron chi connectivity index (χ3n) is 3.64. The molecular weight excluding hydrogens is 272 g/mol. The lowest BCUT2D eigenvalue weighted by atomic mass is 10.2. The van der Waals surface area contributed by atoms with E-state index in [2.05, 4.69) is 29.0 Å². The molecule has 1 amide bonds. The van der Waals surface area contributed by atoms with Crippen LogP contribution in [0.25, 0.3) is 0 Å². The first-order chi connectivity index (χ1) is 9.63. The quantitative estimate of drug-likeness (QED) is 0.785. The maximum atomic E-state index is 12.3. The van der Waals surface area contributed by atoms with Crippen LogP contribution in [-0.4, -0.2) is 44.3 Å². The monoisotopic (exact) mass is 294 g/mol. The van der Waals surface area contributed by atoms with Crippen LogP contribution in [0.5, 0.6) is 0 Å². The van der Waals surface area contributed by atoms with E-state index in [9.17, 15) is 4.79 Å². The van der Waals surface area contributed by atoms with Crippen molar-refractivity contribution in [2.24, 2.45) is 5.92 Å². The Labute approximate surface area is 123 Å². The number of aromatic amines is 1. The molecule has 2 saturated carbocycles. The fourth-order valence-corrected chi connectivity index (χ4v) is 3.00. The van der Waals surface area contributed by atoms with Gasteiger partial charge in [-0.2, -0.15) is 0 Å². The number of H-pyrrole nitrogens is 1. The van der Waals surface area contributed by atoms with Gasteiger partial charge in [-0.3, -0.25) is 9.89 Å². The summed E-state index contributed by atoms with van der Waals surface area (Å²) in [6.45, 7) is 5.19. The SMILES string of the molecule is CC(C)CN(C(=O)CSc1n[nH]c(C2CC2)n1)C1CC1. The second kappa shape index (κ2) is 5.76. The van der Waals surface area contributed by atoms with Gasteiger partial charge in [0.2, 0.25) is 11.1 Å². The van der Waals surface area contributed by atoms with E-state index in [1.807, 2.05) is 4.90 Å². The highest BCUT2D eigenvalue weighted by atomic mass is 32.2. The third kappa shape index (κ3) is 3.53. The van der Waals surface area contributed by atoms with Gasteiger partial charge >= 0.3 is 0 Å². The summed E-state index contributed by atoms with van der Waals surface area (Å²) in [6.07, 6.45) is 4.75. The van der Waals surface area contributed by atoms with Crippen LogP contribution in [0.2, 0.25) is 0 Å². The molecule has 0 bridgehead atoms. The van der Waals surface area contributed by atoms with Gasteiger partial charge < -0.3 is 4.90 Å². The first-order valence-electron chi connectivity index (χ1n) is 7.48. The Kier molecular flexibility index (Phi) is 4.01. The smallest absolute Gasteiger partial charge is 0.233 e. The standard InChI is InChI=1S/C14H22N4OS/c1-9(2)7-18(11-5-6-11)12(19)8-20-14-15-13(16-17-14)10-3-4-10/h9-11H,3-8H2,1-2H3,(H,15,16,17). The molecule has 1 N–H and O–H groups in total. The van der Waals surface area contributed by atoms with Crippen molar-refractivity contribution < 1.29 is 4.79 Å². The number of hydrogen-bond acceptors (Lipinski definition) is 4. The Morgan fingerprint density at radius 3 is 2.75 bits per heavy atom. The van der Waals surface area contributed by atoms with Gasteiger partial charge in [0.1, 0.15) is 5.82 Å². The van der Waals surface area contributed by atoms with E-state index in [0.29, 0.717) is 28.8 Å². The molecule has 2 aliphatic carbocycles. The van der Waals surface area contributed by atoms with Crippen molar-refractivity contribution in [1.82, 2.24) is 20.1 Å². The van der Waals surface area contributed by atoms with Crippen molar-refractivity contribution >= 4 is 17.7 Å². The van der Waals surface area contributed by atoms with Crippen molar-refractivity contribution in [3.05, 3.63) is 5.82 Å². The zero-order valence-electron chi connectivity index (χ0n) is 12.1. The predicted octanol–water partition coefficient (Wildman–Crippen LogP) is 2.42. The van der Waals surface area contributed by atoms with Gasteiger partial charge in [0.15, 0.2) is 0 Å². The molecule has 2 aliphatic rings. The molecule has 0 saturated heterocycles. The van der Waals surface area contributed by atoms with Gasteiger partial charge in [-0.1, -0.05) is 25.6 Å². The first-order valence-corrected chi connectivity index (χ1v) is 8.46. The molecule has 5 nitrogen and oxygen atoms in total. The van der Waals surface area contributed by atoms with Crippen molar-refractivity contribution in [3.63, 3.8) is 0 Å². The molecule has 0 atom stereocenters. The van der Waals surface area contributed by atoms with Crippen LogP contribution in [0.15, 0.2) is 5.16 Å². The number of thioether (sulfide) groups is 1. The summed E-state index contributed by atoms with van der Waals surface area (Å²) >= 11 is 1.45. The van der Waals surface area contributed by atoms with E-state index in [0.717, 1.165) is 25.2 Å². The van der Waals surface area contributed by atoms with Crippen LogP contribution in [0.4, 0.5) is 0 Å². The molecule has 2 fully saturated rings. The minimum Gasteiger partial charge on any atom is -0.339 e. The third-order valence-corrected chi connectivity index (χ3v) is 4.47. The van der Waals surface area contributed by atoms with Gasteiger partial charge in [-0.15, -0.1) is 5.10 Å². The maximum absolute atomic E-state index is 12.3. The summed E-state index contributed by atoms with van der Waals surface area (Å²) in [5.74, 6) is 2.77. The number of rotatable bonds is 7. The van der Waals surface area contributed by atoms with Crippen molar-refractivity contribution in [2.45, 2.75) is 56.6 Å². The topological polar surface area (TPSA) is 61.9 Å². The van der Waals surface area contributed by atoms with Crippen LogP contribution >= 0.6 is 11.8 Å². The van der Waals surface area contributed by atoms with Crippen molar-refractivity contribution in [2.75, 3.05) is 12.3 Å². The fraction of sp³-hybridized carbons (Fsp3) is 0.786. The average molecular weight is 294 g/mol. The molecule has 6 heteroatoms. The van der Waals surface area contributed by atoms with Crippen LogP contribution < -0.4 is 0 Å². The summed E-state index contributed by atoms with van der Waals surface area (Å²) < 4.78 is 0. The number of nitrogens with one attached hydrogen (secondary N) is 1. The molecule has 1 aromatic rings. The summed E-state index contributed by atoms with van der Waals surface area (Å²) in [5.41, 5.74) is 0. The Hall–Kier alpha value is -1.04. The molecule has 0 radical (unpaired) electrons. The highest BCUT2D eigenvalue weighted by molar-refractivity contribution is 7.99. The number of carbonyl (C=O) groups excluding carboxylic acids is 1. The van der Waals surface area contributed by atoms with Gasteiger partial charge in [0, 0.05) is 18.5 Å². The highest BCUT2D eigenvalue weighted by Crippen LogP contribution is 2.38. The Bertz CT molecular complexity index is 479. The predicted molar refractivity (Wildman–Crippen MR) is 78.7 cm³/mol. The summed E-state index contributed by atoms with van der Waals surface area (Å²) in [4.78, 5) is 18.8. The summed E-state index contributed by atoms with van der Waals surface area (Å²) in [7, 11) is 0. The number of amides is 1. The molecule has 3 rings (SSSR count). The van der Waals surface area contributed by atoms with E-state index in [4.69, 9.17) is 0 Å². The molecular formula is C14H22N4OS. The van der Waals surface area contributed by atoms with E-state index in [-0.39, 0.29) is 5.91 Å². The molecule has 0 aliphatic heterocycles.